The van der Waals surface area contributed by atoms with E-state index >= 15 is 0 Å². The molecule has 33 heavy (non-hydrogen) atoms. The molecule has 0 fully saturated rings. The normalized spacial score (nSPS) is 13.7. The molecule has 4 rings (SSSR count). The van der Waals surface area contributed by atoms with Gasteiger partial charge in [0.15, 0.2) is 5.58 Å². The fourth-order valence-electron chi connectivity index (χ4n) is 3.56. The van der Waals surface area contributed by atoms with E-state index in [1.54, 1.807) is 12.1 Å². The topological polar surface area (TPSA) is 117 Å². The van der Waals surface area contributed by atoms with Crippen LogP contribution in [0.25, 0.3) is 22.2 Å². The maximum atomic E-state index is 13.1. The molecule has 3 N–H and O–H groups in total. The highest BCUT2D eigenvalue weighted by Gasteiger charge is 2.31. The predicted molar refractivity (Wildman–Crippen MR) is 130 cm³/mol. The molecule has 2 aromatic heterocycles. The van der Waals surface area contributed by atoms with Crippen molar-refractivity contribution in [1.29, 1.82) is 0 Å². The van der Waals surface area contributed by atoms with Gasteiger partial charge in [0.1, 0.15) is 16.1 Å². The summed E-state index contributed by atoms with van der Waals surface area (Å²) in [6.45, 7) is 5.74. The summed E-state index contributed by atoms with van der Waals surface area (Å²) in [5.41, 5.74) is 9.46. The second-order valence-electron chi connectivity index (χ2n) is 8.75. The number of para-hydroxylation sites is 1. The number of hydrogen-bond acceptors (Lipinski definition) is 6. The monoisotopic (exact) mass is 462 g/mol. The van der Waals surface area contributed by atoms with Crippen molar-refractivity contribution in [3.05, 3.63) is 83.7 Å². The molecule has 7 nitrogen and oxygen atoms in total. The van der Waals surface area contributed by atoms with Crippen LogP contribution in [0.3, 0.4) is 0 Å². The summed E-state index contributed by atoms with van der Waals surface area (Å²) in [7, 11) is 0. The predicted octanol–water partition coefficient (Wildman–Crippen LogP) is 4.32. The van der Waals surface area contributed by atoms with Gasteiger partial charge in [-0.1, -0.05) is 47.6 Å². The van der Waals surface area contributed by atoms with Gasteiger partial charge < -0.3 is 14.8 Å². The first-order valence-corrected chi connectivity index (χ1v) is 11.8. The first-order valence-electron chi connectivity index (χ1n) is 10.6. The zero-order valence-corrected chi connectivity index (χ0v) is 19.6. The molecule has 2 heterocycles. The van der Waals surface area contributed by atoms with Gasteiger partial charge in [-0.05, 0) is 50.6 Å². The van der Waals surface area contributed by atoms with E-state index in [1.165, 1.54) is 0 Å². The minimum absolute atomic E-state index is 0.193. The molecular weight excluding hydrogens is 436 g/mol. The van der Waals surface area contributed by atoms with Gasteiger partial charge in [0.25, 0.3) is 5.91 Å². The van der Waals surface area contributed by atoms with Gasteiger partial charge in [-0.3, -0.25) is 4.79 Å². The van der Waals surface area contributed by atoms with Crippen molar-refractivity contribution < 1.29 is 13.9 Å². The number of primary amides is 1. The van der Waals surface area contributed by atoms with Gasteiger partial charge in [0.05, 0.1) is 6.04 Å². The van der Waals surface area contributed by atoms with Gasteiger partial charge in [0.2, 0.25) is 0 Å². The number of carbonyl (C=O) groups excluding carboxylic acids is 1. The maximum Gasteiger partial charge on any atom is 0.267 e. The summed E-state index contributed by atoms with van der Waals surface area (Å²) in [5, 5.41) is 5.22. The van der Waals surface area contributed by atoms with E-state index in [-0.39, 0.29) is 11.7 Å². The second-order valence-corrected chi connectivity index (χ2v) is 10.7. The lowest BCUT2D eigenvalue weighted by molar-refractivity contribution is 0.0995. The molecule has 170 valence electrons. The number of aromatic nitrogens is 2. The smallest absolute Gasteiger partial charge is 0.267 e. The number of pyridine rings is 1. The highest BCUT2D eigenvalue weighted by Crippen LogP contribution is 2.34. The minimum Gasteiger partial charge on any atom is -0.598 e. The molecule has 0 saturated heterocycles. The lowest BCUT2D eigenvalue weighted by Crippen LogP contribution is -2.42. The van der Waals surface area contributed by atoms with Crippen LogP contribution in [0.5, 0.6) is 0 Å². The number of rotatable bonds is 7. The molecular formula is C25H26N4O3S. The Morgan fingerprint density at radius 3 is 2.58 bits per heavy atom. The summed E-state index contributed by atoms with van der Waals surface area (Å²) in [6.07, 6.45) is 0.399. The lowest BCUT2D eigenvalue weighted by atomic mass is 9.94. The van der Waals surface area contributed by atoms with Crippen molar-refractivity contribution >= 4 is 28.2 Å². The molecule has 2 aromatic carbocycles. The van der Waals surface area contributed by atoms with Crippen LogP contribution < -0.4 is 10.5 Å². The van der Waals surface area contributed by atoms with Gasteiger partial charge >= 0.3 is 0 Å². The van der Waals surface area contributed by atoms with Crippen LogP contribution in [0.4, 0.5) is 0 Å². The zero-order chi connectivity index (χ0) is 23.6. The summed E-state index contributed by atoms with van der Waals surface area (Å²) >= 11 is -1.35. The molecule has 4 aromatic rings. The molecule has 0 saturated carbocycles. The van der Waals surface area contributed by atoms with Crippen LogP contribution in [0.15, 0.2) is 71.3 Å². The van der Waals surface area contributed by atoms with E-state index in [4.69, 9.17) is 10.3 Å². The standard InChI is InChI=1S/C25H26N4O3S/c1-25(2,3)33(31)29-21(15-16-9-8-13-20(27-16)24(26)30)17-10-4-5-11-18(17)23-19-12-6-7-14-22(19)32-28-23/h4-14,21,29H,15H2,1-3H3,(H2,26,30)/t21-,33?/m0/s1. The highest BCUT2D eigenvalue weighted by molar-refractivity contribution is 7.90. The summed E-state index contributed by atoms with van der Waals surface area (Å²) < 4.78 is 21.4. The first-order chi connectivity index (χ1) is 15.7. The average Bonchev–Trinajstić information content (AvgIpc) is 3.22. The number of amides is 1. The third-order valence-electron chi connectivity index (χ3n) is 5.25. The Kier molecular flexibility index (Phi) is 6.51. The highest BCUT2D eigenvalue weighted by atomic mass is 32.2. The summed E-state index contributed by atoms with van der Waals surface area (Å²) in [4.78, 5) is 16.0. The molecule has 0 spiro atoms. The molecule has 1 unspecified atom stereocenters. The van der Waals surface area contributed by atoms with E-state index in [9.17, 15) is 9.35 Å². The van der Waals surface area contributed by atoms with Gasteiger partial charge in [-0.2, -0.15) is 0 Å². The average molecular weight is 463 g/mol. The number of nitrogens with zero attached hydrogens (tertiary/aromatic N) is 2. The molecule has 1 amide bonds. The Morgan fingerprint density at radius 1 is 1.09 bits per heavy atom. The molecule has 2 atom stereocenters. The molecule has 0 radical (unpaired) electrons. The Labute approximate surface area is 195 Å². The Balaban J connectivity index is 1.79. The lowest BCUT2D eigenvalue weighted by Gasteiger charge is -2.29. The number of benzene rings is 2. The van der Waals surface area contributed by atoms with E-state index in [0.717, 1.165) is 16.5 Å². The molecule has 0 aliphatic heterocycles. The van der Waals surface area contributed by atoms with Crippen LogP contribution in [0.2, 0.25) is 0 Å². The van der Waals surface area contributed by atoms with E-state index in [1.807, 2.05) is 75.4 Å². The number of fused-ring (bicyclic) bond motifs is 1. The summed E-state index contributed by atoms with van der Waals surface area (Å²) in [5.74, 6) is -0.589. The zero-order valence-electron chi connectivity index (χ0n) is 18.7. The van der Waals surface area contributed by atoms with E-state index < -0.39 is 22.0 Å². The van der Waals surface area contributed by atoms with E-state index in [2.05, 4.69) is 14.9 Å². The van der Waals surface area contributed by atoms with E-state index in [0.29, 0.717) is 23.4 Å². The third-order valence-corrected chi connectivity index (χ3v) is 6.86. The van der Waals surface area contributed by atoms with Gasteiger partial charge in [-0.15, -0.1) is 4.72 Å². The van der Waals surface area contributed by atoms with Crippen molar-refractivity contribution in [2.24, 2.45) is 5.73 Å². The first kappa shape index (κ1) is 23.0. The largest absolute Gasteiger partial charge is 0.598 e. The Hall–Kier alpha value is -3.20. The van der Waals surface area contributed by atoms with Crippen LogP contribution in [0, 0.1) is 0 Å². The summed E-state index contributed by atoms with van der Waals surface area (Å²) in [6, 6.07) is 20.3. The van der Waals surface area contributed by atoms with Crippen LogP contribution in [-0.2, 0) is 17.8 Å². The number of nitrogens with one attached hydrogen (secondary N) is 1. The molecule has 8 heteroatoms. The SMILES string of the molecule is CC(C)(C)[S+]([O-])N[C@@H](Cc1cccc(C(N)=O)n1)c1ccccc1-c1noc2ccccc12. The van der Waals surface area contributed by atoms with Crippen LogP contribution in [0.1, 0.15) is 48.6 Å². The number of hydrogen-bond donors (Lipinski definition) is 2. The second kappa shape index (κ2) is 9.35. The Bertz CT molecular complexity index is 1280. The molecule has 0 aliphatic rings. The van der Waals surface area contributed by atoms with Crippen molar-refractivity contribution in [1.82, 2.24) is 14.9 Å². The molecule has 0 aliphatic carbocycles. The Morgan fingerprint density at radius 2 is 1.82 bits per heavy atom. The van der Waals surface area contributed by atoms with Gasteiger partial charge in [-0.25, -0.2) is 4.98 Å². The van der Waals surface area contributed by atoms with Gasteiger partial charge in [0, 0.05) is 34.4 Å². The fourth-order valence-corrected chi connectivity index (χ4v) is 4.38. The quantitative estimate of drug-likeness (QED) is 0.395. The van der Waals surface area contributed by atoms with Crippen molar-refractivity contribution in [2.45, 2.75) is 38.0 Å². The third kappa shape index (κ3) is 5.08. The van der Waals surface area contributed by atoms with Crippen molar-refractivity contribution in [3.8, 4) is 11.3 Å². The number of nitrogens with two attached hydrogens (primary N) is 1. The van der Waals surface area contributed by atoms with Crippen molar-refractivity contribution in [2.75, 3.05) is 0 Å². The molecule has 0 bridgehead atoms. The number of carbonyl (C=O) groups is 1. The maximum absolute atomic E-state index is 13.1. The van der Waals surface area contributed by atoms with Crippen LogP contribution >= 0.6 is 0 Å². The van der Waals surface area contributed by atoms with Crippen LogP contribution in [-0.4, -0.2) is 25.3 Å². The fraction of sp³-hybridized carbons (Fsp3) is 0.240. The minimum atomic E-state index is -1.35. The van der Waals surface area contributed by atoms with Crippen molar-refractivity contribution in [3.63, 3.8) is 0 Å².